The summed E-state index contributed by atoms with van der Waals surface area (Å²) in [5.41, 5.74) is 24.3. The van der Waals surface area contributed by atoms with E-state index in [2.05, 4.69) is 271 Å². The highest BCUT2D eigenvalue weighted by Crippen LogP contribution is 2.68. The molecule has 1 spiro atoms. The first-order valence-corrected chi connectivity index (χ1v) is 28.6. The molecule has 0 saturated heterocycles. The predicted octanol–water partition coefficient (Wildman–Crippen LogP) is 18.8. The number of fused-ring (bicyclic) bond motifs is 16. The molecule has 2 aromatic heterocycles. The highest BCUT2D eigenvalue weighted by molar-refractivity contribution is 6.11. The summed E-state index contributed by atoms with van der Waals surface area (Å²) in [7, 11) is 0. The van der Waals surface area contributed by atoms with E-state index >= 15 is 0 Å². The lowest BCUT2D eigenvalue weighted by Gasteiger charge is -2.44. The van der Waals surface area contributed by atoms with Crippen molar-refractivity contribution in [3.05, 3.63) is 341 Å². The van der Waals surface area contributed by atoms with Gasteiger partial charge >= 0.3 is 0 Å². The Bertz CT molecular complexity index is 4820. The molecule has 14 aromatic rings. The first-order valence-electron chi connectivity index (χ1n) is 28.6. The normalized spacial score (nSPS) is 14.9. The fourth-order valence-electron chi connectivity index (χ4n) is 14.6. The number of rotatable bonds is 7. The molecule has 0 bridgehead atoms. The van der Waals surface area contributed by atoms with Crippen LogP contribution in [0.2, 0.25) is 0 Å². The lowest BCUT2D eigenvalue weighted by atomic mass is 9.64. The fourth-order valence-corrected chi connectivity index (χ4v) is 14.6. The number of aromatic nitrogens is 4. The Morgan fingerprint density at radius 3 is 1.42 bits per heavy atom. The van der Waals surface area contributed by atoms with Gasteiger partial charge in [0.25, 0.3) is 0 Å². The Hall–Kier alpha value is -10.8. The third-order valence-corrected chi connectivity index (χ3v) is 18.0. The molecule has 17 rings (SSSR count). The lowest BCUT2D eigenvalue weighted by Crippen LogP contribution is -2.37. The van der Waals surface area contributed by atoms with E-state index in [1.807, 2.05) is 36.4 Å². The highest BCUT2D eigenvalue weighted by Gasteiger charge is 2.55. The molecule has 3 heterocycles. The molecular weight excluding hydrogens is 1010 g/mol. The van der Waals surface area contributed by atoms with Gasteiger partial charge in [0, 0.05) is 27.6 Å². The second-order valence-corrected chi connectivity index (χ2v) is 22.3. The van der Waals surface area contributed by atoms with Gasteiger partial charge in [-0.2, -0.15) is 9.97 Å². The van der Waals surface area contributed by atoms with Gasteiger partial charge in [0.2, 0.25) is 5.95 Å². The molecule has 1 aliphatic heterocycles. The van der Waals surface area contributed by atoms with E-state index in [0.717, 1.165) is 56.0 Å². The summed E-state index contributed by atoms with van der Waals surface area (Å²) in [6.07, 6.45) is 0. The van der Waals surface area contributed by atoms with Crippen LogP contribution >= 0.6 is 0 Å². The number of hydrogen-bond donors (Lipinski definition) is 0. The molecule has 0 amide bonds. The second-order valence-electron chi connectivity index (χ2n) is 22.3. The van der Waals surface area contributed by atoms with Crippen molar-refractivity contribution in [2.45, 2.75) is 17.8 Å². The van der Waals surface area contributed by atoms with Gasteiger partial charge in [0.05, 0.1) is 33.2 Å². The van der Waals surface area contributed by atoms with E-state index in [1.54, 1.807) is 0 Å². The zero-order valence-corrected chi connectivity index (χ0v) is 45.4. The maximum Gasteiger partial charge on any atom is 0.238 e. The lowest BCUT2D eigenvalue weighted by molar-refractivity contribution is 0.745. The van der Waals surface area contributed by atoms with E-state index < -0.39 is 10.8 Å². The van der Waals surface area contributed by atoms with Crippen molar-refractivity contribution < 1.29 is 0 Å². The Morgan fingerprint density at radius 2 is 0.783 bits per heavy atom. The molecule has 5 nitrogen and oxygen atoms in total. The minimum absolute atomic E-state index is 0.542. The van der Waals surface area contributed by atoms with Gasteiger partial charge in [-0.15, -0.1) is 0 Å². The molecule has 0 fully saturated rings. The van der Waals surface area contributed by atoms with Gasteiger partial charge in [-0.3, -0.25) is 4.90 Å². The molecule has 5 heteroatoms. The van der Waals surface area contributed by atoms with E-state index in [0.29, 0.717) is 17.6 Å². The Labute approximate surface area is 481 Å². The predicted molar refractivity (Wildman–Crippen MR) is 338 cm³/mol. The van der Waals surface area contributed by atoms with Gasteiger partial charge < -0.3 is 4.57 Å². The van der Waals surface area contributed by atoms with Gasteiger partial charge in [-0.25, -0.2) is 4.98 Å². The molecule has 3 aliphatic rings. The first kappa shape index (κ1) is 47.1. The molecule has 388 valence electrons. The number of anilines is 3. The molecule has 0 radical (unpaired) electrons. The minimum Gasteiger partial charge on any atom is -0.309 e. The maximum atomic E-state index is 5.52. The maximum absolute atomic E-state index is 5.52. The van der Waals surface area contributed by atoms with Gasteiger partial charge in [-0.05, 0) is 127 Å². The standard InChI is InChI=1S/C78H51N5/c1-50-38-42-57(43-39-50)82-68-36-20-16-30-58(68)61-48-53(41-47-69(61)82)54-40-44-65-71(49-54)83(76-80-74(51-22-6-2-7-23-51)79-75(81-76)52-24-8-3-9-25-52)70-37-21-19-35-64(70)78(65)63-34-18-15-32-60(63)73-67(78)46-45-66-72(73)59-31-14-17-33-62(59)77(66,55-26-10-4-11-27-55)56-28-12-5-13-29-56/h2-49H,1H3. The fraction of sp³-hybridized carbons (Fsp3) is 0.0385. The summed E-state index contributed by atoms with van der Waals surface area (Å²) in [4.78, 5) is 18.6. The van der Waals surface area contributed by atoms with Crippen molar-refractivity contribution in [1.82, 2.24) is 19.5 Å². The third kappa shape index (κ3) is 6.67. The quantitative estimate of drug-likeness (QED) is 0.160. The summed E-state index contributed by atoms with van der Waals surface area (Å²) in [5, 5.41) is 2.41. The number of para-hydroxylation sites is 2. The van der Waals surface area contributed by atoms with E-state index in [4.69, 9.17) is 15.0 Å². The van der Waals surface area contributed by atoms with Crippen molar-refractivity contribution in [3.8, 4) is 61.8 Å². The average molecular weight is 1060 g/mol. The monoisotopic (exact) mass is 1060 g/mol. The number of aryl methyl sites for hydroxylation is 1. The molecular formula is C78H51N5. The third-order valence-electron chi connectivity index (χ3n) is 18.0. The van der Waals surface area contributed by atoms with Crippen molar-refractivity contribution in [2.75, 3.05) is 4.90 Å². The van der Waals surface area contributed by atoms with E-state index in [-0.39, 0.29) is 0 Å². The smallest absolute Gasteiger partial charge is 0.238 e. The molecule has 1 unspecified atom stereocenters. The molecule has 83 heavy (non-hydrogen) atoms. The van der Waals surface area contributed by atoms with Crippen molar-refractivity contribution in [2.24, 2.45) is 0 Å². The van der Waals surface area contributed by atoms with Crippen molar-refractivity contribution in [3.63, 3.8) is 0 Å². The zero-order chi connectivity index (χ0) is 54.8. The van der Waals surface area contributed by atoms with Crippen LogP contribution in [-0.2, 0) is 10.8 Å². The zero-order valence-electron chi connectivity index (χ0n) is 45.4. The second kappa shape index (κ2) is 18.1. The Kier molecular flexibility index (Phi) is 10.3. The summed E-state index contributed by atoms with van der Waals surface area (Å²) < 4.78 is 2.40. The average Bonchev–Trinajstić information content (AvgIpc) is 1.73. The summed E-state index contributed by atoms with van der Waals surface area (Å²) >= 11 is 0. The van der Waals surface area contributed by atoms with Crippen LogP contribution in [0.5, 0.6) is 0 Å². The topological polar surface area (TPSA) is 46.8 Å². The SMILES string of the molecule is Cc1ccc(-n2c3ccccc3c3cc(-c4ccc5c(c4)N(c4nc(-c6ccccc6)nc(-c6ccccc6)n4)c4ccccc4C54c5ccccc5-c5c4ccc4c5-c5ccccc5C4(c4ccccc4)c4ccccc4)ccc32)cc1. The minimum atomic E-state index is -0.773. The van der Waals surface area contributed by atoms with Crippen LogP contribution in [0.3, 0.4) is 0 Å². The number of hydrogen-bond acceptors (Lipinski definition) is 4. The molecule has 0 N–H and O–H groups in total. The van der Waals surface area contributed by atoms with Crippen LogP contribution in [0.25, 0.3) is 83.6 Å². The highest BCUT2D eigenvalue weighted by atomic mass is 15.3. The van der Waals surface area contributed by atoms with Crippen LogP contribution in [0.15, 0.2) is 291 Å². The molecule has 2 aliphatic carbocycles. The Balaban J connectivity index is 0.964. The van der Waals surface area contributed by atoms with Crippen LogP contribution in [0.4, 0.5) is 17.3 Å². The van der Waals surface area contributed by atoms with Gasteiger partial charge in [0.1, 0.15) is 0 Å². The van der Waals surface area contributed by atoms with Crippen LogP contribution in [0, 0.1) is 6.92 Å². The van der Waals surface area contributed by atoms with Gasteiger partial charge in [0.15, 0.2) is 11.6 Å². The van der Waals surface area contributed by atoms with E-state index in [9.17, 15) is 0 Å². The van der Waals surface area contributed by atoms with Gasteiger partial charge in [-0.1, -0.05) is 254 Å². The van der Waals surface area contributed by atoms with Crippen molar-refractivity contribution in [1.29, 1.82) is 0 Å². The van der Waals surface area contributed by atoms with Crippen LogP contribution in [0.1, 0.15) is 50.1 Å². The number of benzene rings is 12. The number of nitrogens with zero attached hydrogens (tertiary/aromatic N) is 5. The Morgan fingerprint density at radius 1 is 0.313 bits per heavy atom. The summed E-state index contributed by atoms with van der Waals surface area (Å²) in [5.74, 6) is 1.75. The first-order chi connectivity index (χ1) is 41.1. The van der Waals surface area contributed by atoms with Crippen LogP contribution < -0.4 is 4.90 Å². The van der Waals surface area contributed by atoms with Crippen molar-refractivity contribution >= 4 is 39.1 Å². The molecule has 0 saturated carbocycles. The van der Waals surface area contributed by atoms with E-state index in [1.165, 1.54) is 77.5 Å². The summed E-state index contributed by atoms with van der Waals surface area (Å²) in [6, 6.07) is 107. The molecule has 12 aromatic carbocycles. The van der Waals surface area contributed by atoms with Crippen LogP contribution in [-0.4, -0.2) is 19.5 Å². The summed E-state index contributed by atoms with van der Waals surface area (Å²) in [6.45, 7) is 2.14. The largest absolute Gasteiger partial charge is 0.309 e. The molecule has 1 atom stereocenters.